The van der Waals surface area contributed by atoms with Crippen LogP contribution < -0.4 is 0 Å². The molecule has 0 saturated heterocycles. The predicted molar refractivity (Wildman–Crippen MR) is 84.1 cm³/mol. The number of hydrogen-bond acceptors (Lipinski definition) is 3. The van der Waals surface area contributed by atoms with E-state index in [-0.39, 0.29) is 17.3 Å². The van der Waals surface area contributed by atoms with Crippen LogP contribution in [0, 0.1) is 0 Å². The Morgan fingerprint density at radius 3 is 2.30 bits per heavy atom. The number of allylic oxidation sites excluding steroid dienone is 4. The second-order valence-corrected chi connectivity index (χ2v) is 11.1. The lowest BCUT2D eigenvalue weighted by atomic mass is 10.1. The lowest BCUT2D eigenvalue weighted by Gasteiger charge is -2.22. The van der Waals surface area contributed by atoms with Gasteiger partial charge in [-0.3, -0.25) is 9.59 Å². The number of carbonyl (C=O) groups is 2. The third-order valence-electron chi connectivity index (χ3n) is 3.44. The van der Waals surface area contributed by atoms with E-state index < -0.39 is 8.07 Å². The van der Waals surface area contributed by atoms with Gasteiger partial charge in [0.2, 0.25) is 5.78 Å². The van der Waals surface area contributed by atoms with Crippen LogP contribution in [0.4, 0.5) is 0 Å². The van der Waals surface area contributed by atoms with Gasteiger partial charge in [0, 0.05) is 5.57 Å². The van der Waals surface area contributed by atoms with Crippen LogP contribution in [0.5, 0.6) is 0 Å². The molecule has 110 valence electrons. The van der Waals surface area contributed by atoms with Gasteiger partial charge in [-0.05, 0) is 26.7 Å². The number of hydrogen-bond donors (Lipinski definition) is 0. The van der Waals surface area contributed by atoms with Gasteiger partial charge in [0.15, 0.2) is 11.5 Å². The van der Waals surface area contributed by atoms with E-state index in [1.54, 1.807) is 6.92 Å². The normalized spacial score (nSPS) is 18.6. The molecule has 0 amide bonds. The zero-order valence-electron chi connectivity index (χ0n) is 13.1. The van der Waals surface area contributed by atoms with Gasteiger partial charge >= 0.3 is 0 Å². The van der Waals surface area contributed by atoms with E-state index in [1.165, 1.54) is 0 Å². The highest BCUT2D eigenvalue weighted by molar-refractivity contribution is 6.84. The first-order valence-electron chi connectivity index (χ1n) is 7.03. The first-order valence-corrected chi connectivity index (χ1v) is 10.5. The van der Waals surface area contributed by atoms with Gasteiger partial charge in [0.05, 0.1) is 20.3 Å². The Morgan fingerprint density at radius 2 is 1.85 bits per heavy atom. The molecular weight excluding hydrogens is 268 g/mol. The topological polar surface area (TPSA) is 43.4 Å². The number of rotatable bonds is 6. The Kier molecular flexibility index (Phi) is 5.28. The van der Waals surface area contributed by atoms with Gasteiger partial charge < -0.3 is 4.74 Å². The highest BCUT2D eigenvalue weighted by Gasteiger charge is 2.39. The molecule has 0 saturated carbocycles. The molecule has 0 aromatic heterocycles. The monoisotopic (exact) mass is 292 g/mol. The molecule has 0 fully saturated rings. The third kappa shape index (κ3) is 3.18. The first-order chi connectivity index (χ1) is 9.25. The molecule has 1 rings (SSSR count). The zero-order chi connectivity index (χ0) is 15.5. The molecule has 1 aliphatic carbocycles. The maximum atomic E-state index is 12.5. The minimum absolute atomic E-state index is 0.153. The molecule has 3 nitrogen and oxygen atoms in total. The van der Waals surface area contributed by atoms with Crippen molar-refractivity contribution < 1.29 is 14.3 Å². The summed E-state index contributed by atoms with van der Waals surface area (Å²) in [6.45, 7) is 14.1. The molecular formula is C16H24O3Si. The summed E-state index contributed by atoms with van der Waals surface area (Å²) in [4.78, 5) is 24.9. The maximum Gasteiger partial charge on any atom is 0.231 e. The number of ketones is 2. The molecule has 0 aromatic rings. The van der Waals surface area contributed by atoms with Crippen molar-refractivity contribution in [2.75, 3.05) is 6.61 Å². The summed E-state index contributed by atoms with van der Waals surface area (Å²) in [5.41, 5.74) is 0.813. The second kappa shape index (κ2) is 6.35. The Bertz CT molecular complexity index is 504. The fourth-order valence-corrected chi connectivity index (χ4v) is 4.26. The van der Waals surface area contributed by atoms with Crippen LogP contribution in [-0.4, -0.2) is 26.2 Å². The molecule has 0 aliphatic heterocycles. The lowest BCUT2D eigenvalue weighted by Crippen LogP contribution is -2.28. The first kappa shape index (κ1) is 16.6. The fraction of sp³-hybridized carbons (Fsp3) is 0.500. The molecule has 0 bridgehead atoms. The van der Waals surface area contributed by atoms with Crippen molar-refractivity contribution in [3.05, 3.63) is 34.8 Å². The van der Waals surface area contributed by atoms with Gasteiger partial charge in [0.25, 0.3) is 0 Å². The maximum absolute atomic E-state index is 12.5. The minimum atomic E-state index is -1.75. The van der Waals surface area contributed by atoms with Crippen LogP contribution in [0.1, 0.15) is 26.7 Å². The summed E-state index contributed by atoms with van der Waals surface area (Å²) in [6, 6.07) is 0. The smallest absolute Gasteiger partial charge is 0.231 e. The standard InChI is InChI=1S/C16H24O3Si/c1-7-9-10-12(20(4,5)6)13-14(17)11(3)16(15(13)18)19-8-2/h7H,1,8-10H2,2-6H3/b13-12-. The summed E-state index contributed by atoms with van der Waals surface area (Å²) < 4.78 is 5.37. The molecule has 1 aliphatic rings. The number of carbonyl (C=O) groups excluding carboxylic acids is 2. The summed E-state index contributed by atoms with van der Waals surface area (Å²) in [7, 11) is -1.75. The van der Waals surface area contributed by atoms with Gasteiger partial charge in [-0.15, -0.1) is 6.58 Å². The van der Waals surface area contributed by atoms with Gasteiger partial charge in [-0.25, -0.2) is 0 Å². The minimum Gasteiger partial charge on any atom is -0.489 e. The molecule has 0 N–H and O–H groups in total. The SMILES string of the molecule is C=CCC/C(=C1\C(=O)C(C)=C(OCC)C1=O)[Si](C)(C)C. The molecule has 0 unspecified atom stereocenters. The van der Waals surface area contributed by atoms with Crippen molar-refractivity contribution in [3.8, 4) is 0 Å². The highest BCUT2D eigenvalue weighted by Crippen LogP contribution is 2.33. The van der Waals surface area contributed by atoms with E-state index >= 15 is 0 Å². The van der Waals surface area contributed by atoms with E-state index in [2.05, 4.69) is 26.2 Å². The van der Waals surface area contributed by atoms with Crippen LogP contribution in [0.3, 0.4) is 0 Å². The number of Topliss-reactive ketones (excluding diaryl/α,β-unsaturated/α-hetero) is 2. The largest absolute Gasteiger partial charge is 0.489 e. The number of ether oxygens (including phenoxy) is 1. The Hall–Kier alpha value is -1.42. The summed E-state index contributed by atoms with van der Waals surface area (Å²) >= 11 is 0. The van der Waals surface area contributed by atoms with E-state index in [0.717, 1.165) is 18.0 Å². The summed E-state index contributed by atoms with van der Waals surface area (Å²) in [5, 5.41) is 1.03. The predicted octanol–water partition coefficient (Wildman–Crippen LogP) is 3.59. The highest BCUT2D eigenvalue weighted by atomic mass is 28.3. The van der Waals surface area contributed by atoms with Crippen molar-refractivity contribution in [1.29, 1.82) is 0 Å². The van der Waals surface area contributed by atoms with Crippen molar-refractivity contribution in [2.24, 2.45) is 0 Å². The molecule has 20 heavy (non-hydrogen) atoms. The van der Waals surface area contributed by atoms with Crippen LogP contribution in [-0.2, 0) is 14.3 Å². The van der Waals surface area contributed by atoms with Crippen LogP contribution in [0.25, 0.3) is 0 Å². The van der Waals surface area contributed by atoms with Gasteiger partial charge in [-0.2, -0.15) is 0 Å². The fourth-order valence-electron chi connectivity index (χ4n) is 2.39. The van der Waals surface area contributed by atoms with Gasteiger partial charge in [0.1, 0.15) is 0 Å². The third-order valence-corrected chi connectivity index (χ3v) is 5.75. The second-order valence-electron chi connectivity index (χ2n) is 5.98. The average molecular weight is 292 g/mol. The van der Waals surface area contributed by atoms with Crippen molar-refractivity contribution in [3.63, 3.8) is 0 Å². The Labute approximate surface area is 122 Å². The molecule has 0 heterocycles. The Balaban J connectivity index is 3.35. The molecule has 4 heteroatoms. The van der Waals surface area contributed by atoms with E-state index in [0.29, 0.717) is 17.8 Å². The average Bonchev–Trinajstić information content (AvgIpc) is 2.55. The van der Waals surface area contributed by atoms with E-state index in [4.69, 9.17) is 4.74 Å². The van der Waals surface area contributed by atoms with Crippen LogP contribution >= 0.6 is 0 Å². The lowest BCUT2D eigenvalue weighted by molar-refractivity contribution is -0.117. The van der Waals surface area contributed by atoms with Crippen LogP contribution in [0.2, 0.25) is 19.6 Å². The van der Waals surface area contributed by atoms with E-state index in [9.17, 15) is 9.59 Å². The molecule has 0 spiro atoms. The molecule has 0 atom stereocenters. The van der Waals surface area contributed by atoms with Crippen molar-refractivity contribution in [2.45, 2.75) is 46.3 Å². The van der Waals surface area contributed by atoms with Crippen LogP contribution in [0.15, 0.2) is 34.8 Å². The van der Waals surface area contributed by atoms with Crippen molar-refractivity contribution in [1.82, 2.24) is 0 Å². The van der Waals surface area contributed by atoms with E-state index in [1.807, 2.05) is 13.0 Å². The summed E-state index contributed by atoms with van der Waals surface area (Å²) in [6.07, 6.45) is 3.35. The summed E-state index contributed by atoms with van der Waals surface area (Å²) in [5.74, 6) is -0.141. The molecule has 0 radical (unpaired) electrons. The molecule has 0 aromatic carbocycles. The Morgan fingerprint density at radius 1 is 1.25 bits per heavy atom. The van der Waals surface area contributed by atoms with Crippen molar-refractivity contribution >= 4 is 19.6 Å². The quantitative estimate of drug-likeness (QED) is 0.325. The van der Waals surface area contributed by atoms with Gasteiger partial charge in [-0.1, -0.05) is 30.9 Å². The zero-order valence-corrected chi connectivity index (χ0v) is 14.1.